The molecule has 94 valence electrons. The molecule has 1 aliphatic heterocycles. The fraction of sp³-hybridized carbons (Fsp3) is 0.0625. The molecule has 1 nitrogen and oxygen atoms in total. The van der Waals surface area contributed by atoms with E-state index in [1.807, 2.05) is 11.4 Å². The monoisotopic (exact) mass is 379 g/mol. The summed E-state index contributed by atoms with van der Waals surface area (Å²) < 4.78 is 13.1. The Kier molecular flexibility index (Phi) is 2.70. The number of fused-ring (bicyclic) bond motifs is 3. The van der Waals surface area contributed by atoms with Crippen molar-refractivity contribution in [2.75, 3.05) is 0 Å². The van der Waals surface area contributed by atoms with Crippen LogP contribution in [0.3, 0.4) is 0 Å². The van der Waals surface area contributed by atoms with E-state index in [1.54, 1.807) is 0 Å². The minimum absolute atomic E-state index is 0.826. The van der Waals surface area contributed by atoms with E-state index in [2.05, 4.69) is 54.7 Å². The van der Waals surface area contributed by atoms with E-state index in [1.165, 1.54) is 21.2 Å². The second-order valence-electron chi connectivity index (χ2n) is 4.57. The Morgan fingerprint density at radius 3 is 2.84 bits per heavy atom. The topological polar surface area (TPSA) is 13.1 Å². The number of hydrogen-bond donors (Lipinski definition) is 0. The minimum atomic E-state index is -0.826. The van der Waals surface area contributed by atoms with Crippen molar-refractivity contribution in [3.63, 3.8) is 0 Å². The van der Waals surface area contributed by atoms with Crippen molar-refractivity contribution in [2.24, 2.45) is 0 Å². The van der Waals surface area contributed by atoms with Crippen molar-refractivity contribution in [1.29, 1.82) is 0 Å². The summed E-state index contributed by atoms with van der Waals surface area (Å²) in [5.74, 6) is 0. The van der Waals surface area contributed by atoms with Crippen molar-refractivity contribution < 1.29 is 4.42 Å². The van der Waals surface area contributed by atoms with Crippen LogP contribution >= 0.6 is 18.9 Å². The maximum absolute atomic E-state index is 6.05. The molecule has 0 atom stereocenters. The quantitative estimate of drug-likeness (QED) is 0.281. The maximum Gasteiger partial charge on any atom is 0.274 e. The van der Waals surface area contributed by atoms with E-state index in [0.717, 1.165) is 11.2 Å². The number of aryl methyl sites for hydroxylation is 1. The van der Waals surface area contributed by atoms with Crippen LogP contribution in [0.25, 0.3) is 21.9 Å². The average Bonchev–Trinajstić information content (AvgIpc) is 3.17. The van der Waals surface area contributed by atoms with E-state index < -0.39 is 18.9 Å². The minimum Gasteiger partial charge on any atom is -0.450 e. The lowest BCUT2D eigenvalue weighted by Crippen LogP contribution is -1.76. The van der Waals surface area contributed by atoms with Crippen molar-refractivity contribution >= 4 is 63.6 Å². The second kappa shape index (κ2) is 4.42. The van der Waals surface area contributed by atoms with Crippen molar-refractivity contribution in [3.05, 3.63) is 42.0 Å². The van der Waals surface area contributed by atoms with Gasteiger partial charge in [-0.25, -0.2) is 0 Å². The molecule has 1 aliphatic rings. The maximum atomic E-state index is 6.05. The molecule has 0 spiro atoms. The summed E-state index contributed by atoms with van der Waals surface area (Å²) >= 11 is 1.00. The molecule has 0 bridgehead atoms. The molecule has 0 fully saturated rings. The van der Waals surface area contributed by atoms with Gasteiger partial charge in [0.25, 0.3) is 4.90 Å². The van der Waals surface area contributed by atoms with Gasteiger partial charge in [-0.3, -0.25) is 0 Å². The summed E-state index contributed by atoms with van der Waals surface area (Å²) in [7, 11) is 0. The zero-order valence-electron chi connectivity index (χ0n) is 10.4. The summed E-state index contributed by atoms with van der Waals surface area (Å²) in [6, 6.07) is 12.8. The smallest absolute Gasteiger partial charge is 0.274 e. The molecule has 1 aromatic heterocycles. The van der Waals surface area contributed by atoms with Gasteiger partial charge in [0.15, 0.2) is 5.58 Å². The van der Waals surface area contributed by atoms with Crippen LogP contribution in [0.4, 0.5) is 0 Å². The van der Waals surface area contributed by atoms with Gasteiger partial charge in [-0.2, -0.15) is 0 Å². The molecule has 19 heavy (non-hydrogen) atoms. The van der Waals surface area contributed by atoms with Crippen molar-refractivity contribution in [3.8, 4) is 0 Å². The molecule has 3 heteroatoms. The largest absolute Gasteiger partial charge is 0.450 e. The first-order chi connectivity index (χ1) is 9.31. The highest BCUT2D eigenvalue weighted by Crippen LogP contribution is 2.31. The first kappa shape index (κ1) is 11.6. The van der Waals surface area contributed by atoms with Crippen LogP contribution in [0, 0.1) is 6.92 Å². The molecule has 0 radical (unpaired) electrons. The van der Waals surface area contributed by atoms with Gasteiger partial charge in [0, 0.05) is 16.8 Å². The van der Waals surface area contributed by atoms with Crippen LogP contribution in [0.1, 0.15) is 5.56 Å². The number of para-hydroxylation sites is 1. The fourth-order valence-corrected chi connectivity index (χ4v) is 6.83. The lowest BCUT2D eigenvalue weighted by molar-refractivity contribution is 0.660. The van der Waals surface area contributed by atoms with Gasteiger partial charge in [-0.1, -0.05) is 42.6 Å². The Bertz CT molecular complexity index is 914. The standard InChI is InChI=1S/C16H12IOS/c1-11-5-6-14-13(9-11)12-3-2-4-15(16(12)18-14)19-10-17-7-8-17/h2-10H,1H3/q+1. The second-order valence-corrected chi connectivity index (χ2v) is 10.5. The highest BCUT2D eigenvalue weighted by atomic mass is 127. The Balaban J connectivity index is 2.02. The predicted octanol–water partition coefficient (Wildman–Crippen LogP) is 4.22. The number of furan rings is 1. The van der Waals surface area contributed by atoms with Gasteiger partial charge < -0.3 is 4.42 Å². The lowest BCUT2D eigenvalue weighted by atomic mass is 10.1. The lowest BCUT2D eigenvalue weighted by Gasteiger charge is -1.90. The number of benzene rings is 2. The first-order valence-electron chi connectivity index (χ1n) is 6.07. The summed E-state index contributed by atoms with van der Waals surface area (Å²) in [5, 5.41) is 2.45. The molecule has 2 heterocycles. The van der Waals surface area contributed by atoms with Crippen LogP contribution < -0.4 is 0 Å². The van der Waals surface area contributed by atoms with E-state index >= 15 is 0 Å². The highest BCUT2D eigenvalue weighted by Gasteiger charge is 2.16. The summed E-state index contributed by atoms with van der Waals surface area (Å²) in [4.78, 5) is 1.23. The van der Waals surface area contributed by atoms with E-state index in [4.69, 9.17) is 4.42 Å². The Hall–Kier alpha value is -1.20. The molecule has 0 amide bonds. The number of rotatable bonds is 2. The zero-order chi connectivity index (χ0) is 12.8. The zero-order valence-corrected chi connectivity index (χ0v) is 13.4. The Morgan fingerprint density at radius 2 is 2.00 bits per heavy atom. The van der Waals surface area contributed by atoms with Gasteiger partial charge in [-0.15, -0.1) is 0 Å². The third-order valence-electron chi connectivity index (χ3n) is 3.16. The third kappa shape index (κ3) is 2.11. The van der Waals surface area contributed by atoms with E-state index in [-0.39, 0.29) is 0 Å². The fourth-order valence-electron chi connectivity index (χ4n) is 2.17. The molecular weight excluding hydrogens is 367 g/mol. The van der Waals surface area contributed by atoms with Crippen LogP contribution in [-0.4, -0.2) is 11.4 Å². The third-order valence-corrected chi connectivity index (χ3v) is 8.11. The summed E-state index contributed by atoms with van der Waals surface area (Å²) in [6.07, 6.45) is 0. The molecule has 0 saturated heterocycles. The molecule has 4 rings (SSSR count). The predicted molar refractivity (Wildman–Crippen MR) is 96.3 cm³/mol. The molecule has 0 saturated carbocycles. The Morgan fingerprint density at radius 1 is 1.11 bits per heavy atom. The van der Waals surface area contributed by atoms with Crippen molar-refractivity contribution in [1.82, 2.24) is 0 Å². The molecule has 0 aliphatic carbocycles. The number of halogens is 1. The average molecular weight is 379 g/mol. The summed E-state index contributed by atoms with van der Waals surface area (Å²) in [6.45, 7) is 2.12. The van der Waals surface area contributed by atoms with E-state index in [9.17, 15) is 0 Å². The molecule has 3 aromatic rings. The molecule has 0 N–H and O–H groups in total. The van der Waals surface area contributed by atoms with Crippen LogP contribution in [-0.2, 0) is 11.4 Å². The van der Waals surface area contributed by atoms with Crippen molar-refractivity contribution in [2.45, 2.75) is 11.8 Å². The highest BCUT2D eigenvalue weighted by molar-refractivity contribution is 14.3. The summed E-state index contributed by atoms with van der Waals surface area (Å²) in [5.41, 5.74) is 3.29. The van der Waals surface area contributed by atoms with Crippen LogP contribution in [0.2, 0.25) is 0 Å². The van der Waals surface area contributed by atoms with Gasteiger partial charge in [0.2, 0.25) is 14.7 Å². The normalized spacial score (nSPS) is 15.0. The van der Waals surface area contributed by atoms with Crippen LogP contribution in [0.5, 0.6) is 0 Å². The SMILES string of the molecule is Cc1ccc2oc3c([S+]=CI4=CC=4)cccc3c2c1. The molecule has 2 aromatic carbocycles. The first-order valence-corrected chi connectivity index (χ1v) is 10.7. The van der Waals surface area contributed by atoms with Crippen LogP contribution in [0.15, 0.2) is 45.7 Å². The Labute approximate surface area is 121 Å². The van der Waals surface area contributed by atoms with E-state index in [0.29, 0.717) is 0 Å². The molecule has 0 unspecified atom stereocenters. The van der Waals surface area contributed by atoms with Gasteiger partial charge in [0.05, 0.1) is 0 Å². The van der Waals surface area contributed by atoms with Gasteiger partial charge in [-0.05, 0) is 27.1 Å². The molecular formula is C16H12IOS+. The van der Waals surface area contributed by atoms with Gasteiger partial charge >= 0.3 is 0 Å². The van der Waals surface area contributed by atoms with Gasteiger partial charge in [0.1, 0.15) is 5.58 Å². The number of hydrogen-bond acceptors (Lipinski definition) is 1.